The van der Waals surface area contributed by atoms with E-state index in [1.54, 1.807) is 42.1 Å². The van der Waals surface area contributed by atoms with Gasteiger partial charge in [0.25, 0.3) is 15.9 Å². The fourth-order valence-corrected chi connectivity index (χ4v) is 5.05. The van der Waals surface area contributed by atoms with Crippen LogP contribution in [0.25, 0.3) is 0 Å². The number of sulfonamides is 1. The van der Waals surface area contributed by atoms with Gasteiger partial charge in [-0.3, -0.25) is 9.52 Å². The van der Waals surface area contributed by atoms with Crippen LogP contribution in [0.3, 0.4) is 0 Å². The first kappa shape index (κ1) is 23.7. The summed E-state index contributed by atoms with van der Waals surface area (Å²) >= 11 is 1.62. The molecule has 6 nitrogen and oxygen atoms in total. The molecular formula is C24H26N2O4S2. The third-order valence-electron chi connectivity index (χ3n) is 4.52. The molecule has 0 spiro atoms. The van der Waals surface area contributed by atoms with Gasteiger partial charge >= 0.3 is 0 Å². The molecule has 3 rings (SSSR count). The number of methoxy groups -OCH3 is 1. The summed E-state index contributed by atoms with van der Waals surface area (Å²) in [6.45, 7) is 6.00. The number of thioether (sulfide) groups is 1. The average molecular weight is 471 g/mol. The number of ether oxygens (including phenoxy) is 1. The van der Waals surface area contributed by atoms with Crippen LogP contribution in [0, 0.1) is 6.92 Å². The van der Waals surface area contributed by atoms with E-state index in [4.69, 9.17) is 4.74 Å². The first-order valence-corrected chi connectivity index (χ1v) is 12.4. The van der Waals surface area contributed by atoms with Crippen molar-refractivity contribution in [3.05, 3.63) is 77.9 Å². The highest BCUT2D eigenvalue weighted by Gasteiger charge is 2.18. The molecule has 168 valence electrons. The molecule has 0 unspecified atom stereocenters. The molecule has 1 amide bonds. The van der Waals surface area contributed by atoms with Crippen molar-refractivity contribution in [2.24, 2.45) is 0 Å². The predicted octanol–water partition coefficient (Wildman–Crippen LogP) is 5.56. The lowest BCUT2D eigenvalue weighted by molar-refractivity contribution is 0.102. The lowest BCUT2D eigenvalue weighted by Gasteiger charge is -2.13. The highest BCUT2D eigenvalue weighted by atomic mass is 32.2. The Bertz CT molecular complexity index is 1210. The van der Waals surface area contributed by atoms with Crippen molar-refractivity contribution in [2.75, 3.05) is 17.1 Å². The van der Waals surface area contributed by atoms with Crippen LogP contribution >= 0.6 is 11.8 Å². The zero-order valence-corrected chi connectivity index (χ0v) is 20.0. The van der Waals surface area contributed by atoms with Gasteiger partial charge in [-0.05, 0) is 61.0 Å². The molecule has 32 heavy (non-hydrogen) atoms. The molecule has 0 heterocycles. The van der Waals surface area contributed by atoms with Crippen molar-refractivity contribution in [3.63, 3.8) is 0 Å². The van der Waals surface area contributed by atoms with Crippen molar-refractivity contribution in [2.45, 2.75) is 35.8 Å². The molecule has 8 heteroatoms. The zero-order chi connectivity index (χ0) is 23.3. The predicted molar refractivity (Wildman–Crippen MR) is 130 cm³/mol. The van der Waals surface area contributed by atoms with Gasteiger partial charge in [0.2, 0.25) is 0 Å². The molecule has 2 N–H and O–H groups in total. The van der Waals surface area contributed by atoms with Crippen molar-refractivity contribution < 1.29 is 17.9 Å². The van der Waals surface area contributed by atoms with E-state index in [1.807, 2.05) is 31.2 Å². The molecular weight excluding hydrogens is 444 g/mol. The summed E-state index contributed by atoms with van der Waals surface area (Å²) in [7, 11) is -2.34. The van der Waals surface area contributed by atoms with Crippen molar-refractivity contribution in [1.29, 1.82) is 0 Å². The van der Waals surface area contributed by atoms with E-state index in [-0.39, 0.29) is 10.8 Å². The molecule has 0 aliphatic carbocycles. The summed E-state index contributed by atoms with van der Waals surface area (Å²) in [6.07, 6.45) is 0. The summed E-state index contributed by atoms with van der Waals surface area (Å²) < 4.78 is 33.5. The van der Waals surface area contributed by atoms with Crippen LogP contribution < -0.4 is 14.8 Å². The van der Waals surface area contributed by atoms with Crippen LogP contribution in [0.1, 0.15) is 29.8 Å². The minimum Gasteiger partial charge on any atom is -0.495 e. The highest BCUT2D eigenvalue weighted by Crippen LogP contribution is 2.29. The van der Waals surface area contributed by atoms with Gasteiger partial charge in [0.15, 0.2) is 0 Å². The van der Waals surface area contributed by atoms with Gasteiger partial charge in [0, 0.05) is 15.8 Å². The second-order valence-electron chi connectivity index (χ2n) is 7.45. The van der Waals surface area contributed by atoms with Crippen molar-refractivity contribution in [1.82, 2.24) is 0 Å². The Morgan fingerprint density at radius 3 is 2.34 bits per heavy atom. The number of carbonyl (C=O) groups excluding carboxylic acids is 1. The summed E-state index contributed by atoms with van der Waals surface area (Å²) in [6, 6.07) is 18.7. The third-order valence-corrected chi connectivity index (χ3v) is 6.98. The molecule has 0 fully saturated rings. The summed E-state index contributed by atoms with van der Waals surface area (Å²) in [5.41, 5.74) is 2.35. The number of benzene rings is 3. The van der Waals surface area contributed by atoms with E-state index in [0.29, 0.717) is 27.9 Å². The number of rotatable bonds is 8. The average Bonchev–Trinajstić information content (AvgIpc) is 2.74. The zero-order valence-electron chi connectivity index (χ0n) is 18.4. The van der Waals surface area contributed by atoms with E-state index in [1.165, 1.54) is 19.2 Å². The van der Waals surface area contributed by atoms with E-state index >= 15 is 0 Å². The highest BCUT2D eigenvalue weighted by molar-refractivity contribution is 8.00. The maximum absolute atomic E-state index is 12.8. The number of amides is 1. The standard InChI is InChI=1S/C24H26N2O4S2/c1-16(2)31-23-8-6-5-7-20(23)24(27)25-18-10-12-19(13-11-18)32(28,29)26-21-15-17(3)9-14-22(21)30-4/h5-16,26H,1-4H3,(H,25,27). The summed E-state index contributed by atoms with van der Waals surface area (Å²) in [4.78, 5) is 13.8. The topological polar surface area (TPSA) is 84.5 Å². The number of hydrogen-bond donors (Lipinski definition) is 2. The Kier molecular flexibility index (Phi) is 7.48. The molecule has 0 aromatic heterocycles. The Balaban J connectivity index is 1.77. The maximum Gasteiger partial charge on any atom is 0.262 e. The van der Waals surface area contributed by atoms with E-state index in [2.05, 4.69) is 23.9 Å². The minimum atomic E-state index is -3.83. The van der Waals surface area contributed by atoms with Gasteiger partial charge in [0.05, 0.1) is 23.3 Å². The van der Waals surface area contributed by atoms with Gasteiger partial charge < -0.3 is 10.1 Å². The molecule has 3 aromatic rings. The van der Waals surface area contributed by atoms with Crippen LogP contribution in [-0.4, -0.2) is 26.7 Å². The quantitative estimate of drug-likeness (QED) is 0.421. The van der Waals surface area contributed by atoms with Gasteiger partial charge in [0.1, 0.15) is 5.75 Å². The SMILES string of the molecule is COc1ccc(C)cc1NS(=O)(=O)c1ccc(NC(=O)c2ccccc2SC(C)C)cc1. The molecule has 0 bridgehead atoms. The normalized spacial score (nSPS) is 11.3. The Labute approximate surface area is 193 Å². The van der Waals surface area contributed by atoms with Gasteiger partial charge in [-0.1, -0.05) is 32.0 Å². The third kappa shape index (κ3) is 5.83. The van der Waals surface area contributed by atoms with Gasteiger partial charge in [-0.2, -0.15) is 0 Å². The summed E-state index contributed by atoms with van der Waals surface area (Å²) in [5, 5.41) is 3.18. The molecule has 0 atom stereocenters. The molecule has 0 saturated carbocycles. The van der Waals surface area contributed by atoms with Crippen LogP contribution in [0.4, 0.5) is 11.4 Å². The smallest absolute Gasteiger partial charge is 0.262 e. The maximum atomic E-state index is 12.8. The van der Waals surface area contributed by atoms with E-state index < -0.39 is 10.0 Å². The number of aryl methyl sites for hydroxylation is 1. The molecule has 3 aromatic carbocycles. The van der Waals surface area contributed by atoms with E-state index in [9.17, 15) is 13.2 Å². The molecule has 0 saturated heterocycles. The van der Waals surface area contributed by atoms with Crippen molar-refractivity contribution >= 4 is 39.1 Å². The first-order chi connectivity index (χ1) is 15.2. The Morgan fingerprint density at radius 1 is 1.00 bits per heavy atom. The second-order valence-corrected chi connectivity index (χ2v) is 10.8. The van der Waals surface area contributed by atoms with Crippen molar-refractivity contribution in [3.8, 4) is 5.75 Å². The van der Waals surface area contributed by atoms with E-state index in [0.717, 1.165) is 10.5 Å². The number of nitrogens with one attached hydrogen (secondary N) is 2. The number of hydrogen-bond acceptors (Lipinski definition) is 5. The number of anilines is 2. The first-order valence-electron chi connectivity index (χ1n) is 10.0. The lowest BCUT2D eigenvalue weighted by Crippen LogP contribution is -2.15. The summed E-state index contributed by atoms with van der Waals surface area (Å²) in [5.74, 6) is 0.188. The van der Waals surface area contributed by atoms with Crippen LogP contribution in [-0.2, 0) is 10.0 Å². The Morgan fingerprint density at radius 2 is 1.69 bits per heavy atom. The monoisotopic (exact) mass is 470 g/mol. The van der Waals surface area contributed by atoms with Gasteiger partial charge in [-0.15, -0.1) is 11.8 Å². The lowest BCUT2D eigenvalue weighted by atomic mass is 10.2. The van der Waals surface area contributed by atoms with Crippen LogP contribution in [0.5, 0.6) is 5.75 Å². The van der Waals surface area contributed by atoms with Gasteiger partial charge in [-0.25, -0.2) is 8.42 Å². The minimum absolute atomic E-state index is 0.0785. The largest absolute Gasteiger partial charge is 0.495 e. The number of carbonyl (C=O) groups is 1. The second kappa shape index (κ2) is 10.1. The Hall–Kier alpha value is -2.97. The molecule has 0 aliphatic heterocycles. The fraction of sp³-hybridized carbons (Fsp3) is 0.208. The molecule has 0 radical (unpaired) electrons. The fourth-order valence-electron chi connectivity index (χ4n) is 3.03. The van der Waals surface area contributed by atoms with Crippen LogP contribution in [0.2, 0.25) is 0 Å². The molecule has 0 aliphatic rings. The van der Waals surface area contributed by atoms with Crippen LogP contribution in [0.15, 0.2) is 76.5 Å².